The Kier molecular flexibility index (Phi) is 6.90. The van der Waals surface area contributed by atoms with Crippen LogP contribution in [-0.4, -0.2) is 32.2 Å². The number of amides is 1. The van der Waals surface area contributed by atoms with Gasteiger partial charge < -0.3 is 0 Å². The SMILES string of the molecule is Cc1cccc(NN=c2c(S(=O)(=O)O)cc3c(=S(=O)(O)O)ccc(=NC(=O)c4ccccc4)c=3c2=O)c1. The van der Waals surface area contributed by atoms with Gasteiger partial charge in [0, 0.05) is 10.8 Å². The summed E-state index contributed by atoms with van der Waals surface area (Å²) in [4.78, 5) is 29.2. The van der Waals surface area contributed by atoms with Crippen LogP contribution in [0.1, 0.15) is 15.9 Å². The number of hydrogen-bond donors (Lipinski definition) is 4. The van der Waals surface area contributed by atoms with Crippen LogP contribution in [0.5, 0.6) is 0 Å². The van der Waals surface area contributed by atoms with Crippen molar-refractivity contribution in [2.75, 3.05) is 5.43 Å². The van der Waals surface area contributed by atoms with Crippen molar-refractivity contribution in [2.45, 2.75) is 11.8 Å². The topological polar surface area (TPSA) is 183 Å². The normalized spacial score (nSPS) is 13.2. The van der Waals surface area contributed by atoms with E-state index in [2.05, 4.69) is 15.5 Å². The van der Waals surface area contributed by atoms with Gasteiger partial charge in [-0.05, 0) is 55.0 Å². The van der Waals surface area contributed by atoms with Crippen molar-refractivity contribution in [3.05, 3.63) is 120 Å². The summed E-state index contributed by atoms with van der Waals surface area (Å²) >= 11 is 0. The van der Waals surface area contributed by atoms with Gasteiger partial charge in [0.25, 0.3) is 16.0 Å². The molecule has 0 bridgehead atoms. The number of nitrogens with zero attached hydrogens (tertiary/aromatic N) is 2. The molecule has 1 amide bonds. The first-order chi connectivity index (χ1) is 17.4. The van der Waals surface area contributed by atoms with Crippen LogP contribution in [0.25, 0.3) is 0 Å². The smallest absolute Gasteiger partial charge is 0.293 e. The predicted molar refractivity (Wildman–Crippen MR) is 134 cm³/mol. The first kappa shape index (κ1) is 26.1. The minimum Gasteiger partial charge on any atom is -0.293 e. The first-order valence-corrected chi connectivity index (χ1v) is 13.4. The number of anilines is 1. The fraction of sp³-hybridized carbons (Fsp3) is 0.0417. The number of nitrogens with one attached hydrogen (secondary N) is 1. The maximum Gasteiger partial charge on any atom is 0.296 e. The third-order valence-corrected chi connectivity index (χ3v) is 7.05. The Morgan fingerprint density at radius 1 is 0.892 bits per heavy atom. The molecule has 0 aromatic heterocycles. The standard InChI is InChI=1S/C24H19N3O8S2/c1-14-6-5-9-16(12-14)26-27-22-20(37(33,34)35)13-17-19(36(30,31)32)11-10-18(21(17)23(22)28)25-24(29)15-7-3-2-4-8-15/h2-13,26H,1H3,(H2,30,31,32)(H,33,34,35). The van der Waals surface area contributed by atoms with Crippen molar-refractivity contribution in [1.82, 2.24) is 0 Å². The minimum absolute atomic E-state index is 0.181. The maximum absolute atomic E-state index is 13.6. The molecule has 0 spiro atoms. The third kappa shape index (κ3) is 5.55. The van der Waals surface area contributed by atoms with E-state index in [9.17, 15) is 35.9 Å². The lowest BCUT2D eigenvalue weighted by Gasteiger charge is -2.04. The number of benzene rings is 2. The minimum atomic E-state index is -5.09. The highest BCUT2D eigenvalue weighted by atomic mass is 32.2. The van der Waals surface area contributed by atoms with Gasteiger partial charge in [-0.1, -0.05) is 30.3 Å². The van der Waals surface area contributed by atoms with Crippen LogP contribution in [0.4, 0.5) is 5.69 Å². The Balaban J connectivity index is 2.20. The average molecular weight is 542 g/mol. The van der Waals surface area contributed by atoms with Gasteiger partial charge in [0.15, 0.2) is 5.36 Å². The number of aryl methyl sites for hydroxylation is 1. The second-order valence-corrected chi connectivity index (χ2v) is 10.7. The summed E-state index contributed by atoms with van der Waals surface area (Å²) in [5.74, 6) is -0.752. The highest BCUT2D eigenvalue weighted by molar-refractivity contribution is 7.85. The van der Waals surface area contributed by atoms with E-state index in [1.165, 1.54) is 12.1 Å². The van der Waals surface area contributed by atoms with Gasteiger partial charge >= 0.3 is 0 Å². The molecule has 0 heterocycles. The molecule has 11 nitrogen and oxygen atoms in total. The van der Waals surface area contributed by atoms with Gasteiger partial charge in [-0.15, -0.1) is 0 Å². The molecule has 0 atom stereocenters. The second-order valence-electron chi connectivity index (χ2n) is 7.91. The van der Waals surface area contributed by atoms with Crippen LogP contribution in [0.15, 0.2) is 92.6 Å². The van der Waals surface area contributed by atoms with E-state index in [1.54, 1.807) is 49.4 Å². The molecule has 0 radical (unpaired) electrons. The summed E-state index contributed by atoms with van der Waals surface area (Å²) < 4.78 is 65.2. The summed E-state index contributed by atoms with van der Waals surface area (Å²) in [6.07, 6.45) is 0. The summed E-state index contributed by atoms with van der Waals surface area (Å²) in [6, 6.07) is 17.3. The summed E-state index contributed by atoms with van der Waals surface area (Å²) in [5.41, 5.74) is 2.83. The van der Waals surface area contributed by atoms with Crippen molar-refractivity contribution in [2.24, 2.45) is 10.1 Å². The largest absolute Gasteiger partial charge is 0.296 e. The first-order valence-electron chi connectivity index (χ1n) is 10.5. The molecule has 4 N–H and O–H groups in total. The van der Waals surface area contributed by atoms with Crippen molar-refractivity contribution in [3.8, 4) is 0 Å². The van der Waals surface area contributed by atoms with E-state index >= 15 is 0 Å². The number of carbonyl (C=O) groups excluding carboxylic acids is 1. The van der Waals surface area contributed by atoms with Gasteiger partial charge in [-0.25, -0.2) is 9.20 Å². The monoisotopic (exact) mass is 541 g/mol. The number of carbonyl (C=O) groups is 1. The zero-order valence-electron chi connectivity index (χ0n) is 19.0. The molecule has 0 saturated heterocycles. The van der Waals surface area contributed by atoms with Crippen LogP contribution >= 0.6 is 0 Å². The quantitative estimate of drug-likeness (QED) is 0.169. The molecule has 190 valence electrons. The van der Waals surface area contributed by atoms with Crippen LogP contribution in [0, 0.1) is 21.9 Å². The summed E-state index contributed by atoms with van der Waals surface area (Å²) in [7, 11) is -9.81. The van der Waals surface area contributed by atoms with E-state index < -0.39 is 56.7 Å². The Hall–Kier alpha value is -4.01. The third-order valence-electron chi connectivity index (χ3n) is 5.26. The van der Waals surface area contributed by atoms with E-state index in [0.717, 1.165) is 23.8 Å². The number of rotatable bonds is 4. The molecule has 0 saturated carbocycles. The lowest BCUT2D eigenvalue weighted by atomic mass is 10.1. The zero-order chi connectivity index (χ0) is 27.0. The highest BCUT2D eigenvalue weighted by Crippen LogP contribution is 2.10. The molecule has 2 aliphatic carbocycles. The molecular formula is C24H19N3O8S2. The van der Waals surface area contributed by atoms with Crippen molar-refractivity contribution in [1.29, 1.82) is 0 Å². The fourth-order valence-corrected chi connectivity index (χ4v) is 4.96. The Morgan fingerprint density at radius 2 is 1.59 bits per heavy atom. The van der Waals surface area contributed by atoms with Gasteiger partial charge in [0.1, 0.15) is 4.90 Å². The molecule has 0 fully saturated rings. The van der Waals surface area contributed by atoms with E-state index in [0.29, 0.717) is 5.69 Å². The van der Waals surface area contributed by atoms with Crippen LogP contribution in [0.3, 0.4) is 0 Å². The van der Waals surface area contributed by atoms with Crippen molar-refractivity contribution >= 4 is 31.8 Å². The van der Waals surface area contributed by atoms with Crippen LogP contribution in [0.2, 0.25) is 0 Å². The molecule has 4 rings (SSSR count). The van der Waals surface area contributed by atoms with Crippen molar-refractivity contribution < 1.29 is 31.1 Å². The van der Waals surface area contributed by atoms with Crippen molar-refractivity contribution in [3.63, 3.8) is 0 Å². The lowest BCUT2D eigenvalue weighted by Crippen LogP contribution is -2.36. The Labute approximate surface area is 209 Å². The highest BCUT2D eigenvalue weighted by Gasteiger charge is 2.19. The molecular weight excluding hydrogens is 522 g/mol. The van der Waals surface area contributed by atoms with Crippen LogP contribution < -0.4 is 21.6 Å². The van der Waals surface area contributed by atoms with Gasteiger partial charge in [-0.2, -0.15) is 13.5 Å². The van der Waals surface area contributed by atoms with Gasteiger partial charge in [-0.3, -0.25) is 28.7 Å². The molecule has 37 heavy (non-hydrogen) atoms. The van der Waals surface area contributed by atoms with Gasteiger partial charge in [0.2, 0.25) is 15.5 Å². The lowest BCUT2D eigenvalue weighted by molar-refractivity contribution is 0.0998. The predicted octanol–water partition coefficient (Wildman–Crippen LogP) is 1.63. The van der Waals surface area contributed by atoms with E-state index in [4.69, 9.17) is 0 Å². The maximum atomic E-state index is 13.6. The van der Waals surface area contributed by atoms with E-state index in [1.807, 2.05) is 0 Å². The molecule has 0 aliphatic heterocycles. The molecule has 2 aromatic rings. The second kappa shape index (κ2) is 9.80. The summed E-state index contributed by atoms with van der Waals surface area (Å²) in [6.45, 7) is 1.80. The Bertz CT molecular complexity index is 2050. The molecule has 13 heteroatoms. The molecule has 2 aromatic carbocycles. The summed E-state index contributed by atoms with van der Waals surface area (Å²) in [5, 5.41) is 1.87. The van der Waals surface area contributed by atoms with E-state index in [-0.39, 0.29) is 10.9 Å². The van der Waals surface area contributed by atoms with Crippen LogP contribution in [-0.2, 0) is 20.2 Å². The fourth-order valence-electron chi connectivity index (χ4n) is 3.62. The number of hydrogen-bond acceptors (Lipinski definition) is 7. The van der Waals surface area contributed by atoms with Gasteiger partial charge in [0.05, 0.1) is 20.8 Å². The Morgan fingerprint density at radius 3 is 2.22 bits per heavy atom. The zero-order valence-corrected chi connectivity index (χ0v) is 20.7. The molecule has 0 unspecified atom stereocenters. The molecule has 2 aliphatic rings. The average Bonchev–Trinajstić information content (AvgIpc) is 2.82.